The summed E-state index contributed by atoms with van der Waals surface area (Å²) in [6.07, 6.45) is -2.00. The number of nitrogen functional groups attached to an aromatic ring is 1. The van der Waals surface area contributed by atoms with E-state index in [2.05, 4.69) is 11.6 Å². The van der Waals surface area contributed by atoms with Crippen LogP contribution in [0.1, 0.15) is 11.8 Å². The molecule has 1 aromatic heterocycles. The zero-order chi connectivity index (χ0) is 14.2. The third kappa shape index (κ3) is 2.26. The van der Waals surface area contributed by atoms with Gasteiger partial charge in [0.1, 0.15) is 24.1 Å². The van der Waals surface area contributed by atoms with Gasteiger partial charge in [-0.25, -0.2) is 4.79 Å². The number of ether oxygens (including phenoxy) is 1. The van der Waals surface area contributed by atoms with Crippen molar-refractivity contribution in [2.45, 2.75) is 24.5 Å². The van der Waals surface area contributed by atoms with Crippen molar-refractivity contribution in [2.24, 2.45) is 0 Å². The van der Waals surface area contributed by atoms with Crippen LogP contribution in [0.2, 0.25) is 0 Å². The first-order valence-electron chi connectivity index (χ1n) is 5.63. The zero-order valence-corrected chi connectivity index (χ0v) is 10.0. The van der Waals surface area contributed by atoms with E-state index in [-0.39, 0.29) is 5.82 Å². The fourth-order valence-electron chi connectivity index (χ4n) is 1.95. The molecule has 1 aliphatic heterocycles. The summed E-state index contributed by atoms with van der Waals surface area (Å²) in [5.41, 5.74) is 5.20. The van der Waals surface area contributed by atoms with Gasteiger partial charge in [0, 0.05) is 11.8 Å². The first kappa shape index (κ1) is 13.7. The van der Waals surface area contributed by atoms with Gasteiger partial charge in [0.2, 0.25) is 0 Å². The molecule has 4 unspecified atom stereocenters. The highest BCUT2D eigenvalue weighted by Crippen LogP contribution is 2.28. The molecule has 0 aliphatic carbocycles. The quantitative estimate of drug-likeness (QED) is 0.503. The molecule has 1 saturated heterocycles. The van der Waals surface area contributed by atoms with Crippen molar-refractivity contribution in [1.29, 1.82) is 0 Å². The highest BCUT2D eigenvalue weighted by atomic mass is 16.6. The van der Waals surface area contributed by atoms with Crippen LogP contribution in [0.3, 0.4) is 0 Å². The molecule has 2 heterocycles. The predicted octanol–water partition coefficient (Wildman–Crippen LogP) is -1.92. The molecule has 0 radical (unpaired) electrons. The minimum absolute atomic E-state index is 0.0167. The Labute approximate surface area is 108 Å². The Kier molecular flexibility index (Phi) is 3.67. The molecule has 0 spiro atoms. The van der Waals surface area contributed by atoms with Crippen molar-refractivity contribution < 1.29 is 20.1 Å². The third-order valence-corrected chi connectivity index (χ3v) is 3.02. The number of hydrogen-bond donors (Lipinski definition) is 4. The lowest BCUT2D eigenvalue weighted by molar-refractivity contribution is -0.0549. The van der Waals surface area contributed by atoms with E-state index < -0.39 is 36.8 Å². The summed E-state index contributed by atoms with van der Waals surface area (Å²) in [5.74, 6) is 0.0167. The van der Waals surface area contributed by atoms with E-state index in [4.69, 9.17) is 15.6 Å². The molecule has 0 saturated carbocycles. The summed E-state index contributed by atoms with van der Waals surface area (Å²) in [6.45, 7) is 3.05. The Bertz CT molecular complexity index is 544. The standard InChI is InChI=1S/C11H15N3O5/c1-2-5-3-14(11(18)13-9(5)12)10-8(17)7(16)6(4-15)19-10/h2-3,6-8,10,15-17H,1,4H2,(H2,12,13,18). The van der Waals surface area contributed by atoms with Gasteiger partial charge in [-0.05, 0) is 0 Å². The second-order valence-corrected chi connectivity index (χ2v) is 4.20. The third-order valence-electron chi connectivity index (χ3n) is 3.02. The second kappa shape index (κ2) is 5.10. The van der Waals surface area contributed by atoms with Crippen molar-refractivity contribution in [3.05, 3.63) is 28.8 Å². The van der Waals surface area contributed by atoms with E-state index in [1.165, 1.54) is 12.3 Å². The van der Waals surface area contributed by atoms with Crippen molar-refractivity contribution >= 4 is 11.9 Å². The highest BCUT2D eigenvalue weighted by molar-refractivity contribution is 5.57. The average molecular weight is 269 g/mol. The van der Waals surface area contributed by atoms with Crippen LogP contribution in [0.4, 0.5) is 5.82 Å². The Hall–Kier alpha value is -1.74. The molecule has 2 rings (SSSR count). The van der Waals surface area contributed by atoms with Crippen LogP contribution in [0.15, 0.2) is 17.6 Å². The molecule has 8 nitrogen and oxygen atoms in total. The topological polar surface area (TPSA) is 131 Å². The molecule has 1 fully saturated rings. The van der Waals surface area contributed by atoms with Gasteiger partial charge in [-0.15, -0.1) is 0 Å². The van der Waals surface area contributed by atoms with Gasteiger partial charge in [0.05, 0.1) is 6.61 Å². The molecule has 5 N–H and O–H groups in total. The monoisotopic (exact) mass is 269 g/mol. The number of anilines is 1. The Morgan fingerprint density at radius 2 is 2.21 bits per heavy atom. The lowest BCUT2D eigenvalue weighted by Crippen LogP contribution is -2.36. The lowest BCUT2D eigenvalue weighted by atomic mass is 10.1. The Balaban J connectivity index is 2.43. The van der Waals surface area contributed by atoms with Gasteiger partial charge in [-0.1, -0.05) is 12.7 Å². The van der Waals surface area contributed by atoms with Crippen LogP contribution in [0, 0.1) is 0 Å². The maximum Gasteiger partial charge on any atom is 0.351 e. The maximum absolute atomic E-state index is 11.7. The van der Waals surface area contributed by atoms with Gasteiger partial charge in [0.15, 0.2) is 6.23 Å². The van der Waals surface area contributed by atoms with E-state index in [0.717, 1.165) is 4.57 Å². The van der Waals surface area contributed by atoms with E-state index in [1.807, 2.05) is 0 Å². The second-order valence-electron chi connectivity index (χ2n) is 4.20. The lowest BCUT2D eigenvalue weighted by Gasteiger charge is -2.17. The number of aliphatic hydroxyl groups excluding tert-OH is 3. The van der Waals surface area contributed by atoms with Crippen molar-refractivity contribution in [3.63, 3.8) is 0 Å². The van der Waals surface area contributed by atoms with Crippen LogP contribution < -0.4 is 11.4 Å². The molecule has 0 bridgehead atoms. The number of nitrogens with zero attached hydrogens (tertiary/aromatic N) is 2. The summed E-state index contributed by atoms with van der Waals surface area (Å²) in [4.78, 5) is 15.3. The molecular weight excluding hydrogens is 254 g/mol. The van der Waals surface area contributed by atoms with Crippen LogP contribution in [0.25, 0.3) is 6.08 Å². The van der Waals surface area contributed by atoms with Crippen molar-refractivity contribution in [3.8, 4) is 0 Å². The fourth-order valence-corrected chi connectivity index (χ4v) is 1.95. The molecule has 1 aliphatic rings. The van der Waals surface area contributed by atoms with Gasteiger partial charge in [-0.2, -0.15) is 4.98 Å². The molecule has 104 valence electrons. The van der Waals surface area contributed by atoms with Crippen LogP contribution >= 0.6 is 0 Å². The SMILES string of the molecule is C=Cc1cn(C2OC(CO)C(O)C2O)c(=O)nc1N. The van der Waals surface area contributed by atoms with Crippen molar-refractivity contribution in [1.82, 2.24) is 9.55 Å². The van der Waals surface area contributed by atoms with Crippen LogP contribution in [0.5, 0.6) is 0 Å². The van der Waals surface area contributed by atoms with Gasteiger partial charge in [-0.3, -0.25) is 4.57 Å². The average Bonchev–Trinajstić information content (AvgIpc) is 2.67. The van der Waals surface area contributed by atoms with E-state index in [9.17, 15) is 15.0 Å². The summed E-state index contributed by atoms with van der Waals surface area (Å²) in [7, 11) is 0. The van der Waals surface area contributed by atoms with Gasteiger partial charge in [0.25, 0.3) is 0 Å². The first-order chi connectivity index (χ1) is 8.99. The normalized spacial score (nSPS) is 30.5. The highest BCUT2D eigenvalue weighted by Gasteiger charge is 2.43. The van der Waals surface area contributed by atoms with Crippen molar-refractivity contribution in [2.75, 3.05) is 12.3 Å². The van der Waals surface area contributed by atoms with Crippen LogP contribution in [-0.2, 0) is 4.74 Å². The fraction of sp³-hybridized carbons (Fsp3) is 0.455. The Morgan fingerprint density at radius 1 is 1.53 bits per heavy atom. The smallest absolute Gasteiger partial charge is 0.351 e. The number of aliphatic hydroxyl groups is 3. The number of hydrogen-bond acceptors (Lipinski definition) is 7. The maximum atomic E-state index is 11.7. The summed E-state index contributed by atoms with van der Waals surface area (Å²) in [5, 5.41) is 28.5. The first-order valence-corrected chi connectivity index (χ1v) is 5.63. The molecule has 0 amide bonds. The Morgan fingerprint density at radius 3 is 2.74 bits per heavy atom. The summed E-state index contributed by atoms with van der Waals surface area (Å²) in [6, 6.07) is 0. The summed E-state index contributed by atoms with van der Waals surface area (Å²) < 4.78 is 6.25. The summed E-state index contributed by atoms with van der Waals surface area (Å²) >= 11 is 0. The minimum Gasteiger partial charge on any atom is -0.394 e. The number of nitrogens with two attached hydrogens (primary N) is 1. The van der Waals surface area contributed by atoms with Gasteiger partial charge >= 0.3 is 5.69 Å². The largest absolute Gasteiger partial charge is 0.394 e. The molecule has 4 atom stereocenters. The molecule has 0 aromatic carbocycles. The number of rotatable bonds is 3. The van der Waals surface area contributed by atoms with Gasteiger partial charge < -0.3 is 25.8 Å². The van der Waals surface area contributed by atoms with E-state index >= 15 is 0 Å². The molecule has 19 heavy (non-hydrogen) atoms. The minimum atomic E-state index is -1.35. The van der Waals surface area contributed by atoms with E-state index in [0.29, 0.717) is 5.56 Å². The van der Waals surface area contributed by atoms with Crippen LogP contribution in [-0.4, -0.2) is 49.8 Å². The molecule has 8 heteroatoms. The molecular formula is C11H15N3O5. The number of aromatic nitrogens is 2. The van der Waals surface area contributed by atoms with E-state index in [1.54, 1.807) is 0 Å². The zero-order valence-electron chi connectivity index (χ0n) is 10.0. The predicted molar refractivity (Wildman–Crippen MR) is 66.0 cm³/mol. The molecule has 1 aromatic rings.